The molecule has 0 bridgehead atoms. The van der Waals surface area contributed by atoms with E-state index in [1.165, 1.54) is 0 Å². The van der Waals surface area contributed by atoms with Crippen molar-refractivity contribution in [3.63, 3.8) is 0 Å². The van der Waals surface area contributed by atoms with E-state index in [-0.39, 0.29) is 13.2 Å². The number of anilines is 2. The average Bonchev–Trinajstić information content (AvgIpc) is 3.07. The number of aliphatic hydroxyl groups is 2. The summed E-state index contributed by atoms with van der Waals surface area (Å²) in [7, 11) is 3.40. The number of ether oxygens (including phenoxy) is 4. The second-order valence-electron chi connectivity index (χ2n) is 11.3. The highest BCUT2D eigenvalue weighted by atomic mass is 16.5. The number of nitrogens with zero attached hydrogens (tertiary/aromatic N) is 4. The van der Waals surface area contributed by atoms with Crippen molar-refractivity contribution in [1.29, 1.82) is 0 Å². The highest BCUT2D eigenvalue weighted by molar-refractivity contribution is 5.59. The molecule has 0 spiro atoms. The lowest BCUT2D eigenvalue weighted by Gasteiger charge is -2.37. The Balaban J connectivity index is 0.964. The van der Waals surface area contributed by atoms with Crippen LogP contribution in [-0.2, 0) is 0 Å². The zero-order chi connectivity index (χ0) is 30.7. The molecule has 2 fully saturated rings. The van der Waals surface area contributed by atoms with Crippen LogP contribution < -0.4 is 28.7 Å². The molecule has 0 radical (unpaired) electrons. The Kier molecular flexibility index (Phi) is 11.4. The van der Waals surface area contributed by atoms with Crippen LogP contribution in [-0.4, -0.2) is 125 Å². The van der Waals surface area contributed by atoms with Crippen LogP contribution in [0, 0.1) is 0 Å². The van der Waals surface area contributed by atoms with Gasteiger partial charge >= 0.3 is 0 Å². The smallest absolute Gasteiger partial charge is 0.142 e. The van der Waals surface area contributed by atoms with Crippen LogP contribution in [0.15, 0.2) is 72.8 Å². The van der Waals surface area contributed by atoms with Gasteiger partial charge in [0.05, 0.1) is 25.6 Å². The van der Waals surface area contributed by atoms with E-state index in [1.807, 2.05) is 60.7 Å². The molecular formula is C34H46N4O6. The zero-order valence-electron chi connectivity index (χ0n) is 25.9. The predicted octanol–water partition coefficient (Wildman–Crippen LogP) is 2.83. The van der Waals surface area contributed by atoms with Crippen LogP contribution >= 0.6 is 0 Å². The van der Waals surface area contributed by atoms with Crippen molar-refractivity contribution in [2.24, 2.45) is 0 Å². The lowest BCUT2D eigenvalue weighted by molar-refractivity contribution is 0.0649. The summed E-state index contributed by atoms with van der Waals surface area (Å²) in [5.41, 5.74) is 2.22. The highest BCUT2D eigenvalue weighted by Crippen LogP contribution is 2.29. The second-order valence-corrected chi connectivity index (χ2v) is 11.3. The molecule has 10 nitrogen and oxygen atoms in total. The number of para-hydroxylation sites is 4. The monoisotopic (exact) mass is 606 g/mol. The molecule has 3 aromatic rings. The summed E-state index contributed by atoms with van der Waals surface area (Å²) >= 11 is 0. The summed E-state index contributed by atoms with van der Waals surface area (Å²) in [5, 5.41) is 21.2. The zero-order valence-corrected chi connectivity index (χ0v) is 25.9. The van der Waals surface area contributed by atoms with Gasteiger partial charge in [-0.25, -0.2) is 0 Å². The predicted molar refractivity (Wildman–Crippen MR) is 173 cm³/mol. The van der Waals surface area contributed by atoms with E-state index in [1.54, 1.807) is 14.2 Å². The summed E-state index contributed by atoms with van der Waals surface area (Å²) in [6.45, 7) is 8.55. The molecule has 2 saturated heterocycles. The number of rotatable bonds is 14. The molecule has 2 atom stereocenters. The molecule has 0 saturated carbocycles. The Hall–Kier alpha value is -3.70. The first kappa shape index (κ1) is 31.7. The third kappa shape index (κ3) is 8.69. The van der Waals surface area contributed by atoms with Gasteiger partial charge in [-0.3, -0.25) is 9.80 Å². The first-order valence-corrected chi connectivity index (χ1v) is 15.4. The second kappa shape index (κ2) is 15.9. The lowest BCUT2D eigenvalue weighted by atomic mass is 10.2. The van der Waals surface area contributed by atoms with Crippen molar-refractivity contribution in [3.05, 3.63) is 72.8 Å². The fourth-order valence-corrected chi connectivity index (χ4v) is 5.84. The van der Waals surface area contributed by atoms with E-state index >= 15 is 0 Å². The van der Waals surface area contributed by atoms with Gasteiger partial charge in [0.1, 0.15) is 48.4 Å². The Morgan fingerprint density at radius 1 is 0.545 bits per heavy atom. The van der Waals surface area contributed by atoms with E-state index in [0.717, 1.165) is 75.2 Å². The molecule has 2 N–H and O–H groups in total. The SMILES string of the molecule is COc1ccccc1N1CCN(CC(O)COc2ccc(OCC(O)CN3CCN(c4ccccc4OC)CC3)cc2)CC1. The molecule has 238 valence electrons. The summed E-state index contributed by atoms with van der Waals surface area (Å²) in [5.74, 6) is 3.12. The third-order valence-electron chi connectivity index (χ3n) is 8.24. The summed E-state index contributed by atoms with van der Waals surface area (Å²) < 4.78 is 22.7. The number of hydrogen-bond donors (Lipinski definition) is 2. The third-order valence-corrected chi connectivity index (χ3v) is 8.24. The van der Waals surface area contributed by atoms with Crippen LogP contribution in [0.3, 0.4) is 0 Å². The highest BCUT2D eigenvalue weighted by Gasteiger charge is 2.23. The van der Waals surface area contributed by atoms with Crippen LogP contribution in [0.4, 0.5) is 11.4 Å². The van der Waals surface area contributed by atoms with Crippen molar-refractivity contribution in [3.8, 4) is 23.0 Å². The minimum Gasteiger partial charge on any atom is -0.495 e. The van der Waals surface area contributed by atoms with Crippen molar-refractivity contribution < 1.29 is 29.2 Å². The average molecular weight is 607 g/mol. The Bertz CT molecular complexity index is 1180. The topological polar surface area (TPSA) is 90.3 Å². The molecule has 5 rings (SSSR count). The minimum atomic E-state index is -0.588. The largest absolute Gasteiger partial charge is 0.495 e. The molecule has 0 amide bonds. The molecule has 2 aliphatic heterocycles. The minimum absolute atomic E-state index is 0.218. The Morgan fingerprint density at radius 3 is 1.27 bits per heavy atom. The van der Waals surface area contributed by atoms with E-state index in [9.17, 15) is 10.2 Å². The van der Waals surface area contributed by atoms with Gasteiger partial charge in [0, 0.05) is 65.4 Å². The van der Waals surface area contributed by atoms with E-state index in [0.29, 0.717) is 24.6 Å². The van der Waals surface area contributed by atoms with Crippen molar-refractivity contribution in [1.82, 2.24) is 9.80 Å². The Labute approximate surface area is 260 Å². The Morgan fingerprint density at radius 2 is 0.909 bits per heavy atom. The molecular weight excluding hydrogens is 560 g/mol. The quantitative estimate of drug-likeness (QED) is 0.286. The van der Waals surface area contributed by atoms with E-state index < -0.39 is 12.2 Å². The van der Waals surface area contributed by atoms with Gasteiger partial charge in [-0.1, -0.05) is 24.3 Å². The summed E-state index contributed by atoms with van der Waals surface area (Å²) in [6.07, 6.45) is -1.18. The van der Waals surface area contributed by atoms with Gasteiger partial charge in [-0.15, -0.1) is 0 Å². The summed E-state index contributed by atoms with van der Waals surface area (Å²) in [6, 6.07) is 23.5. The number of β-amino-alcohol motifs (C(OH)–C–C–N with tert-alkyl or cyclic N) is 2. The van der Waals surface area contributed by atoms with Gasteiger partial charge in [0.15, 0.2) is 0 Å². The van der Waals surface area contributed by atoms with Gasteiger partial charge in [-0.2, -0.15) is 0 Å². The molecule has 3 aromatic carbocycles. The number of benzene rings is 3. The van der Waals surface area contributed by atoms with Crippen LogP contribution in [0.1, 0.15) is 0 Å². The van der Waals surface area contributed by atoms with Gasteiger partial charge in [0.25, 0.3) is 0 Å². The molecule has 10 heteroatoms. The van der Waals surface area contributed by atoms with Gasteiger partial charge < -0.3 is 39.0 Å². The number of piperazine rings is 2. The molecule has 0 aromatic heterocycles. The van der Waals surface area contributed by atoms with E-state index in [4.69, 9.17) is 18.9 Å². The van der Waals surface area contributed by atoms with Gasteiger partial charge in [0.2, 0.25) is 0 Å². The first-order chi connectivity index (χ1) is 21.5. The maximum atomic E-state index is 10.6. The van der Waals surface area contributed by atoms with Crippen LogP contribution in [0.25, 0.3) is 0 Å². The molecule has 2 heterocycles. The fraction of sp³-hybridized carbons (Fsp3) is 0.471. The van der Waals surface area contributed by atoms with Crippen LogP contribution in [0.5, 0.6) is 23.0 Å². The first-order valence-electron chi connectivity index (χ1n) is 15.4. The summed E-state index contributed by atoms with van der Waals surface area (Å²) in [4.78, 5) is 9.18. The van der Waals surface area contributed by atoms with E-state index in [2.05, 4.69) is 31.7 Å². The lowest BCUT2D eigenvalue weighted by Crippen LogP contribution is -2.49. The number of aliphatic hydroxyl groups excluding tert-OH is 2. The number of hydrogen-bond acceptors (Lipinski definition) is 10. The normalized spacial score (nSPS) is 17.6. The van der Waals surface area contributed by atoms with Gasteiger partial charge in [-0.05, 0) is 48.5 Å². The van der Waals surface area contributed by atoms with Crippen molar-refractivity contribution in [2.75, 3.05) is 103 Å². The van der Waals surface area contributed by atoms with Crippen molar-refractivity contribution >= 4 is 11.4 Å². The number of methoxy groups -OCH3 is 2. The molecule has 0 aliphatic carbocycles. The molecule has 2 unspecified atom stereocenters. The van der Waals surface area contributed by atoms with Crippen LogP contribution in [0.2, 0.25) is 0 Å². The maximum absolute atomic E-state index is 10.6. The molecule has 44 heavy (non-hydrogen) atoms. The van der Waals surface area contributed by atoms with Crippen molar-refractivity contribution in [2.45, 2.75) is 12.2 Å². The molecule has 2 aliphatic rings. The maximum Gasteiger partial charge on any atom is 0.142 e. The standard InChI is InChI=1S/C34H46N4O6/c1-41-33-9-5-3-7-31(33)37-19-15-35(16-20-37)23-27(39)25-43-29-11-13-30(14-12-29)44-26-28(40)24-36-17-21-38(22-18-36)32-8-4-6-10-34(32)42-2/h3-14,27-28,39-40H,15-26H2,1-2H3. The fourth-order valence-electron chi connectivity index (χ4n) is 5.84.